The second-order valence-corrected chi connectivity index (χ2v) is 25.6. The van der Waals surface area contributed by atoms with Crippen LogP contribution >= 0.6 is 0 Å². The van der Waals surface area contributed by atoms with E-state index in [0.717, 1.165) is 114 Å². The van der Waals surface area contributed by atoms with Gasteiger partial charge < -0.3 is 109 Å². The van der Waals surface area contributed by atoms with Crippen molar-refractivity contribution in [1.29, 1.82) is 0 Å². The normalized spacial score (nSPS) is 24.6. The summed E-state index contributed by atoms with van der Waals surface area (Å²) in [6.45, 7) is 21.8. The van der Waals surface area contributed by atoms with E-state index < -0.39 is 67.4 Å². The number of morpholine rings is 5. The van der Waals surface area contributed by atoms with E-state index in [2.05, 4.69) is 25.2 Å². The summed E-state index contributed by atoms with van der Waals surface area (Å²) in [5.41, 5.74) is 3.97. The van der Waals surface area contributed by atoms with Gasteiger partial charge >= 0.3 is 29.8 Å². The molecule has 3 aromatic heterocycles. The van der Waals surface area contributed by atoms with Crippen molar-refractivity contribution < 1.29 is 86.9 Å². The Morgan fingerprint density at radius 2 is 1.02 bits per heavy atom. The molecule has 5 aliphatic heterocycles. The van der Waals surface area contributed by atoms with Gasteiger partial charge in [-0.3, -0.25) is 0 Å². The lowest BCUT2D eigenvalue weighted by molar-refractivity contribution is -0.389. The zero-order chi connectivity index (χ0) is 66.4. The fraction of sp³-hybridized carbons (Fsp3) is 0.700. The number of carbonyl (C=O) groups excluding carboxylic acids is 3. The number of nitro groups is 2. The predicted molar refractivity (Wildman–Crippen MR) is 325 cm³/mol. The van der Waals surface area contributed by atoms with E-state index in [-0.39, 0.29) is 48.7 Å². The van der Waals surface area contributed by atoms with Gasteiger partial charge in [-0.2, -0.15) is 0 Å². The van der Waals surface area contributed by atoms with Crippen LogP contribution < -0.4 is 20.9 Å². The van der Waals surface area contributed by atoms with Crippen LogP contribution in [0.2, 0.25) is 0 Å². The number of nitrogens with one attached hydrogen (secondary N) is 1. The molecule has 7 N–H and O–H groups in total. The largest absolute Gasteiger partial charge is 0.464 e. The minimum absolute atomic E-state index is 0.0567. The smallest absolute Gasteiger partial charge is 0.410 e. The van der Waals surface area contributed by atoms with Crippen LogP contribution in [-0.2, 0) is 42.7 Å². The van der Waals surface area contributed by atoms with Crippen molar-refractivity contribution in [2.24, 2.45) is 0 Å². The summed E-state index contributed by atoms with van der Waals surface area (Å²) in [5.74, 6) is -0.994. The van der Waals surface area contributed by atoms with Crippen molar-refractivity contribution in [3.05, 3.63) is 81.0 Å². The zero-order valence-electron chi connectivity index (χ0n) is 52.9. The summed E-state index contributed by atoms with van der Waals surface area (Å²) in [7, 11) is 0. The first-order chi connectivity index (χ1) is 42.9. The van der Waals surface area contributed by atoms with E-state index in [0.29, 0.717) is 71.6 Å². The lowest BCUT2D eigenvalue weighted by atomic mass is 10.1. The number of aromatic nitrogens is 3. The molecule has 0 spiro atoms. The van der Waals surface area contributed by atoms with Gasteiger partial charge in [0, 0.05) is 64.5 Å². The summed E-state index contributed by atoms with van der Waals surface area (Å²) < 4.78 is 54.9. The van der Waals surface area contributed by atoms with Gasteiger partial charge in [0.05, 0.1) is 98.8 Å². The average Bonchev–Trinajstić information content (AvgIpc) is 1.95. The molecule has 0 bridgehead atoms. The van der Waals surface area contributed by atoms with E-state index in [4.69, 9.17) is 43.6 Å². The maximum absolute atomic E-state index is 12.1. The fourth-order valence-electron chi connectivity index (χ4n) is 9.85. The molecule has 0 radical (unpaired) electrons. The van der Waals surface area contributed by atoms with Crippen molar-refractivity contribution in [3.8, 4) is 0 Å². The van der Waals surface area contributed by atoms with Gasteiger partial charge in [0.2, 0.25) is 0 Å². The average molecular weight is 1290 g/mol. The van der Waals surface area contributed by atoms with Gasteiger partial charge in [0.1, 0.15) is 35.3 Å². The number of amides is 2. The number of esters is 1. The zero-order valence-corrected chi connectivity index (χ0v) is 52.9. The molecule has 5 unspecified atom stereocenters. The van der Waals surface area contributed by atoms with Crippen LogP contribution in [0.5, 0.6) is 0 Å². The second-order valence-electron chi connectivity index (χ2n) is 25.6. The molecular formula is C60H90FN11O19. The summed E-state index contributed by atoms with van der Waals surface area (Å²) in [4.78, 5) is 73.0. The first-order valence-corrected chi connectivity index (χ1v) is 30.8. The molecule has 31 heteroatoms. The van der Waals surface area contributed by atoms with Crippen molar-refractivity contribution in [2.45, 2.75) is 164 Å². The number of anilines is 3. The van der Waals surface area contributed by atoms with Crippen LogP contribution in [0.1, 0.15) is 99.8 Å². The number of nitrogen functional groups attached to an aromatic ring is 1. The fourth-order valence-corrected chi connectivity index (χ4v) is 9.85. The molecule has 12 rings (SSSR count). The molecule has 506 valence electrons. The summed E-state index contributed by atoms with van der Waals surface area (Å²) in [6.07, 6.45) is 8.77. The van der Waals surface area contributed by atoms with Crippen molar-refractivity contribution in [2.75, 3.05) is 121 Å². The molecule has 8 heterocycles. The Kier molecular flexibility index (Phi) is 24.6. The van der Waals surface area contributed by atoms with Crippen LogP contribution in [0.4, 0.5) is 42.8 Å². The SMILES string of the molecule is CC(C)(C)OC(=O)N1CCOC(C2(O)CC2)C1.CCOC(=O)C1CN(C(=O)OC(C)(C)C)CCO1.Nc1ccc(N2CCOC(C3(O)CC3)C2)cn1.O=[N+]([O-])c1ccc(F)cn1.O=[N+]([O-])c1ccc(N2CCOC(C3(O)CC3)C2)cn1.OC1(C2CNCCO2)CC1. The van der Waals surface area contributed by atoms with E-state index in [1.807, 2.05) is 31.7 Å². The Hall–Kier alpha value is -6.81. The van der Waals surface area contributed by atoms with Crippen molar-refractivity contribution >= 4 is 47.0 Å². The van der Waals surface area contributed by atoms with Crippen LogP contribution in [0.25, 0.3) is 0 Å². The van der Waals surface area contributed by atoms with Crippen molar-refractivity contribution in [3.63, 3.8) is 0 Å². The molecule has 5 saturated heterocycles. The van der Waals surface area contributed by atoms with Crippen LogP contribution in [0.3, 0.4) is 0 Å². The highest BCUT2D eigenvalue weighted by Crippen LogP contribution is 2.44. The lowest BCUT2D eigenvalue weighted by Gasteiger charge is -2.36. The van der Waals surface area contributed by atoms with Crippen molar-refractivity contribution in [1.82, 2.24) is 30.1 Å². The van der Waals surface area contributed by atoms with Crippen LogP contribution in [-0.4, -0.2) is 242 Å². The molecular weight excluding hydrogens is 1200 g/mol. The highest BCUT2D eigenvalue weighted by molar-refractivity contribution is 5.77. The number of ether oxygens (including phenoxy) is 8. The maximum Gasteiger partial charge on any atom is 0.410 e. The van der Waals surface area contributed by atoms with Gasteiger partial charge in [-0.1, -0.05) is 0 Å². The van der Waals surface area contributed by atoms with E-state index in [9.17, 15) is 59.4 Å². The topological polar surface area (TPSA) is 382 Å². The molecule has 5 atom stereocenters. The summed E-state index contributed by atoms with van der Waals surface area (Å²) in [5, 5.41) is 63.4. The molecule has 0 aromatic carbocycles. The molecule has 9 aliphatic rings. The van der Waals surface area contributed by atoms with Crippen LogP contribution in [0, 0.1) is 26.0 Å². The number of nitrogens with two attached hydrogens (primary N) is 1. The van der Waals surface area contributed by atoms with Gasteiger partial charge in [-0.05, 0) is 144 Å². The molecule has 2 amide bonds. The van der Waals surface area contributed by atoms with Gasteiger partial charge in [0.25, 0.3) is 0 Å². The monoisotopic (exact) mass is 1290 g/mol. The Morgan fingerprint density at radius 1 is 0.604 bits per heavy atom. The number of aliphatic hydroxyl groups is 4. The Balaban J connectivity index is 0.000000157. The Bertz CT molecular complexity index is 2850. The molecule has 4 aliphatic carbocycles. The van der Waals surface area contributed by atoms with Gasteiger partial charge in [-0.25, -0.2) is 23.8 Å². The molecule has 4 saturated carbocycles. The number of pyridine rings is 3. The number of nitrogens with zero attached hydrogens (tertiary/aromatic N) is 9. The van der Waals surface area contributed by atoms with E-state index in [1.54, 1.807) is 50.9 Å². The third-order valence-electron chi connectivity index (χ3n) is 15.8. The molecule has 9 fully saturated rings. The minimum Gasteiger partial charge on any atom is -0.464 e. The number of rotatable bonds is 10. The molecule has 3 aromatic rings. The maximum atomic E-state index is 12.1. The van der Waals surface area contributed by atoms with Crippen LogP contribution in [0.15, 0.2) is 55.0 Å². The highest BCUT2D eigenvalue weighted by Gasteiger charge is 2.53. The number of carbonyl (C=O) groups is 3. The first-order valence-electron chi connectivity index (χ1n) is 30.8. The predicted octanol–water partition coefficient (Wildman–Crippen LogP) is 4.08. The highest BCUT2D eigenvalue weighted by atomic mass is 19.1. The molecule has 30 nitrogen and oxygen atoms in total. The quantitative estimate of drug-likeness (QED) is 0.0721. The second kappa shape index (κ2) is 31.2. The van der Waals surface area contributed by atoms with E-state index >= 15 is 0 Å². The van der Waals surface area contributed by atoms with E-state index in [1.165, 1.54) is 17.2 Å². The van der Waals surface area contributed by atoms with Gasteiger partial charge in [-0.15, -0.1) is 0 Å². The van der Waals surface area contributed by atoms with Gasteiger partial charge in [0.15, 0.2) is 24.3 Å². The standard InChI is InChI=1S/C12H15N3O4.C12H17N3O2.C12H21NO5.C12H21NO4.C7H13NO2.C5H3FN2O2/c16-12(3-4-12)10-8-14(5-6-19-10)9-1-2-11(13-7-9)15(17)18;13-11-2-1-9(7-14-11)15-5-6-17-10(8-15)12(16)3-4-12;1-5-16-10(14)9-8-13(6-7-17-9)11(15)18-12(2,3)4;1-11(2,3)17-10(14)13-6-7-16-9(8-13)12(15)4-5-12;9-7(1-2-7)6-5-8-3-4-10-6;6-4-1-2-5(7-3-4)8(9)10/h1-2,7,10,16H,3-6,8H2;1-2,7,10,16H,3-6,8H2,(H2,13,14);9H,5-8H2,1-4H3;9,15H,4-8H2,1-3H3;6,8-9H,1-5H2;1-3H. The Labute approximate surface area is 528 Å². The number of hydrogen-bond donors (Lipinski definition) is 6. The number of halogens is 1. The Morgan fingerprint density at radius 3 is 1.42 bits per heavy atom. The molecule has 91 heavy (non-hydrogen) atoms. The third-order valence-corrected chi connectivity index (χ3v) is 15.8. The number of hydrogen-bond acceptors (Lipinski definition) is 26. The minimum atomic E-state index is -0.716. The lowest BCUT2D eigenvalue weighted by Crippen LogP contribution is -2.51. The summed E-state index contributed by atoms with van der Waals surface area (Å²) in [6, 6.07) is 8.84. The first kappa shape index (κ1) is 71.6. The summed E-state index contributed by atoms with van der Waals surface area (Å²) >= 11 is 0. The third kappa shape index (κ3) is 22.5.